The highest BCUT2D eigenvalue weighted by Crippen LogP contribution is 2.34. The number of carbonyl (C=O) groups is 1. The van der Waals surface area contributed by atoms with Crippen LogP contribution in [0.1, 0.15) is 5.69 Å². The van der Waals surface area contributed by atoms with Crippen LogP contribution in [0.4, 0.5) is 16.5 Å². The summed E-state index contributed by atoms with van der Waals surface area (Å²) in [7, 11) is 5.51. The second kappa shape index (κ2) is 11.5. The number of ether oxygens (including phenoxy) is 2. The molecule has 0 atom stereocenters. The number of aromatic nitrogens is 2. The number of likely N-dealkylation sites (N-methyl/N-ethyl adjacent to an activating group) is 1. The van der Waals surface area contributed by atoms with E-state index in [1.807, 2.05) is 79.7 Å². The molecular weight excluding hydrogens is 462 g/mol. The Morgan fingerprint density at radius 1 is 1.09 bits per heavy atom. The van der Waals surface area contributed by atoms with Gasteiger partial charge in [0.2, 0.25) is 5.91 Å². The zero-order valence-electron chi connectivity index (χ0n) is 19.8. The number of carbonyl (C=O) groups excluding carboxylic acids is 1. The largest absolute Gasteiger partial charge is 0.493 e. The molecule has 2 aromatic heterocycles. The van der Waals surface area contributed by atoms with Crippen molar-refractivity contribution in [3.8, 4) is 11.5 Å². The number of hydrogen-bond acceptors (Lipinski definition) is 8. The zero-order valence-corrected chi connectivity index (χ0v) is 20.6. The number of hydrogen-bond donors (Lipinski definition) is 2. The van der Waals surface area contributed by atoms with E-state index in [0.717, 1.165) is 32.4 Å². The van der Waals surface area contributed by atoms with Gasteiger partial charge in [0.25, 0.3) is 0 Å². The standard InChI is InChI=1S/C26H27N5O3S/c1-31(2)14-6-8-25(32)28-19-9-11-21-24(16-19)35-26(30-21)29-18-10-12-22(23(15-18)33-3)34-17-20-7-4-5-13-27-20/h4-13,15-16H,14,17H2,1-3H3,(H,28,32)(H,29,30)/b8-6+. The summed E-state index contributed by atoms with van der Waals surface area (Å²) < 4.78 is 12.4. The van der Waals surface area contributed by atoms with Crippen LogP contribution in [0.2, 0.25) is 0 Å². The van der Waals surface area contributed by atoms with Crippen LogP contribution in [0.3, 0.4) is 0 Å². The Hall–Kier alpha value is -3.95. The first-order valence-electron chi connectivity index (χ1n) is 11.0. The first-order valence-corrected chi connectivity index (χ1v) is 11.8. The van der Waals surface area contributed by atoms with Gasteiger partial charge in [-0.25, -0.2) is 4.98 Å². The Morgan fingerprint density at radius 3 is 2.71 bits per heavy atom. The average Bonchev–Trinajstić information content (AvgIpc) is 3.25. The quantitative estimate of drug-likeness (QED) is 0.300. The van der Waals surface area contributed by atoms with Crippen LogP contribution in [0.15, 0.2) is 72.9 Å². The molecule has 2 N–H and O–H groups in total. The minimum absolute atomic E-state index is 0.161. The lowest BCUT2D eigenvalue weighted by atomic mass is 10.2. The van der Waals surface area contributed by atoms with Crippen molar-refractivity contribution in [1.82, 2.24) is 14.9 Å². The lowest BCUT2D eigenvalue weighted by Crippen LogP contribution is -2.12. The van der Waals surface area contributed by atoms with Crippen LogP contribution in [-0.2, 0) is 11.4 Å². The predicted molar refractivity (Wildman–Crippen MR) is 141 cm³/mol. The molecule has 0 aliphatic rings. The minimum Gasteiger partial charge on any atom is -0.493 e. The van der Waals surface area contributed by atoms with Crippen molar-refractivity contribution in [3.05, 3.63) is 78.6 Å². The monoisotopic (exact) mass is 489 g/mol. The maximum atomic E-state index is 12.1. The van der Waals surface area contributed by atoms with E-state index in [0.29, 0.717) is 24.7 Å². The van der Waals surface area contributed by atoms with Gasteiger partial charge >= 0.3 is 0 Å². The summed E-state index contributed by atoms with van der Waals surface area (Å²) in [5, 5.41) is 6.95. The number of nitrogens with zero attached hydrogens (tertiary/aromatic N) is 3. The van der Waals surface area contributed by atoms with E-state index in [1.54, 1.807) is 19.4 Å². The normalized spacial score (nSPS) is 11.2. The smallest absolute Gasteiger partial charge is 0.248 e. The number of fused-ring (bicyclic) bond motifs is 1. The maximum absolute atomic E-state index is 12.1. The van der Waals surface area contributed by atoms with E-state index >= 15 is 0 Å². The van der Waals surface area contributed by atoms with Crippen molar-refractivity contribution in [1.29, 1.82) is 0 Å². The highest BCUT2D eigenvalue weighted by Gasteiger charge is 2.10. The molecule has 0 fully saturated rings. The first-order chi connectivity index (χ1) is 17.0. The molecule has 1 amide bonds. The van der Waals surface area contributed by atoms with E-state index in [1.165, 1.54) is 11.3 Å². The number of amides is 1. The SMILES string of the molecule is COc1cc(Nc2nc3ccc(NC(=O)/C=C/CN(C)C)cc3s2)ccc1OCc1ccccn1. The third kappa shape index (κ3) is 6.78. The number of anilines is 3. The van der Waals surface area contributed by atoms with Crippen molar-refractivity contribution in [3.63, 3.8) is 0 Å². The first kappa shape index (κ1) is 24.2. The van der Waals surface area contributed by atoms with Gasteiger partial charge in [0.05, 0.1) is 23.0 Å². The molecule has 4 rings (SSSR count). The molecule has 0 saturated carbocycles. The third-order valence-electron chi connectivity index (χ3n) is 4.91. The van der Waals surface area contributed by atoms with E-state index in [4.69, 9.17) is 9.47 Å². The molecule has 0 radical (unpaired) electrons. The van der Waals surface area contributed by atoms with Gasteiger partial charge in [-0.3, -0.25) is 9.78 Å². The number of methoxy groups -OCH3 is 1. The van der Waals surface area contributed by atoms with Crippen LogP contribution in [-0.4, -0.2) is 48.5 Å². The molecule has 0 saturated heterocycles. The van der Waals surface area contributed by atoms with E-state index in [2.05, 4.69) is 20.6 Å². The fourth-order valence-electron chi connectivity index (χ4n) is 3.23. The fourth-order valence-corrected chi connectivity index (χ4v) is 4.16. The van der Waals surface area contributed by atoms with Gasteiger partial charge in [-0.2, -0.15) is 0 Å². The lowest BCUT2D eigenvalue weighted by Gasteiger charge is -2.12. The summed E-state index contributed by atoms with van der Waals surface area (Å²) in [6.07, 6.45) is 5.11. The van der Waals surface area contributed by atoms with E-state index < -0.39 is 0 Å². The van der Waals surface area contributed by atoms with E-state index in [9.17, 15) is 4.79 Å². The van der Waals surface area contributed by atoms with E-state index in [-0.39, 0.29) is 5.91 Å². The molecular formula is C26H27N5O3S. The molecule has 9 heteroatoms. The minimum atomic E-state index is -0.161. The Kier molecular flexibility index (Phi) is 7.92. The third-order valence-corrected chi connectivity index (χ3v) is 5.85. The van der Waals surface area contributed by atoms with Crippen molar-refractivity contribution in [2.24, 2.45) is 0 Å². The molecule has 180 valence electrons. The molecule has 0 bridgehead atoms. The van der Waals surface area contributed by atoms with Crippen molar-refractivity contribution < 1.29 is 14.3 Å². The summed E-state index contributed by atoms with van der Waals surface area (Å²) in [6, 6.07) is 17.0. The Balaban J connectivity index is 1.42. The average molecular weight is 490 g/mol. The number of pyridine rings is 1. The van der Waals surface area contributed by atoms with Crippen molar-refractivity contribution in [2.45, 2.75) is 6.61 Å². The highest BCUT2D eigenvalue weighted by atomic mass is 32.1. The number of nitrogens with one attached hydrogen (secondary N) is 2. The van der Waals surface area contributed by atoms with Crippen LogP contribution in [0.5, 0.6) is 11.5 Å². The number of rotatable bonds is 10. The summed E-state index contributed by atoms with van der Waals surface area (Å²) in [4.78, 5) is 23.0. The van der Waals surface area contributed by atoms with Gasteiger partial charge in [0.15, 0.2) is 16.6 Å². The number of benzene rings is 2. The van der Waals surface area contributed by atoms with Gasteiger partial charge in [-0.15, -0.1) is 0 Å². The van der Waals surface area contributed by atoms with Gasteiger partial charge in [-0.1, -0.05) is 23.5 Å². The second-order valence-corrected chi connectivity index (χ2v) is 8.99. The Morgan fingerprint density at radius 2 is 1.94 bits per heavy atom. The van der Waals surface area contributed by atoms with Gasteiger partial charge < -0.3 is 25.0 Å². The fraction of sp³-hybridized carbons (Fsp3) is 0.192. The van der Waals surface area contributed by atoms with Crippen LogP contribution in [0.25, 0.3) is 10.2 Å². The number of thiazole rings is 1. The molecule has 0 spiro atoms. The highest BCUT2D eigenvalue weighted by molar-refractivity contribution is 7.22. The second-order valence-electron chi connectivity index (χ2n) is 7.96. The molecule has 0 aliphatic carbocycles. The Bertz CT molecular complexity index is 1320. The van der Waals surface area contributed by atoms with Crippen LogP contribution in [0, 0.1) is 0 Å². The Labute approximate surface area is 208 Å². The summed E-state index contributed by atoms with van der Waals surface area (Å²) in [5.41, 5.74) is 3.24. The molecule has 35 heavy (non-hydrogen) atoms. The molecule has 2 aromatic carbocycles. The van der Waals surface area contributed by atoms with Gasteiger partial charge in [-0.05, 0) is 56.6 Å². The summed E-state index contributed by atoms with van der Waals surface area (Å²) in [5.74, 6) is 1.08. The molecule has 0 unspecified atom stereocenters. The van der Waals surface area contributed by atoms with Crippen LogP contribution >= 0.6 is 11.3 Å². The van der Waals surface area contributed by atoms with Crippen LogP contribution < -0.4 is 20.1 Å². The predicted octanol–water partition coefficient (Wildman–Crippen LogP) is 5.08. The van der Waals surface area contributed by atoms with Gasteiger partial charge in [0, 0.05) is 36.3 Å². The molecule has 0 aliphatic heterocycles. The summed E-state index contributed by atoms with van der Waals surface area (Å²) in [6.45, 7) is 1.06. The zero-order chi connectivity index (χ0) is 24.6. The van der Waals surface area contributed by atoms with Crippen molar-refractivity contribution in [2.75, 3.05) is 38.4 Å². The van der Waals surface area contributed by atoms with Gasteiger partial charge in [0.1, 0.15) is 6.61 Å². The maximum Gasteiger partial charge on any atom is 0.248 e. The lowest BCUT2D eigenvalue weighted by molar-refractivity contribution is -0.111. The molecule has 8 nitrogen and oxygen atoms in total. The molecule has 2 heterocycles. The topological polar surface area (TPSA) is 88.6 Å². The van der Waals surface area contributed by atoms with Crippen molar-refractivity contribution >= 4 is 44.0 Å². The summed E-state index contributed by atoms with van der Waals surface area (Å²) >= 11 is 1.50. The molecule has 4 aromatic rings.